The molecule has 0 radical (unpaired) electrons. The van der Waals surface area contributed by atoms with Gasteiger partial charge in [0.25, 0.3) is 5.91 Å². The molecule has 3 N–H and O–H groups in total. The van der Waals surface area contributed by atoms with Crippen LogP contribution in [0, 0.1) is 0 Å². The van der Waals surface area contributed by atoms with Gasteiger partial charge < -0.3 is 19.7 Å². The van der Waals surface area contributed by atoms with Crippen LogP contribution in [-0.2, 0) is 26.6 Å². The zero-order valence-electron chi connectivity index (χ0n) is 11.6. The molecule has 1 amide bonds. The fraction of sp³-hybridized carbons (Fsp3) is 0.455. The van der Waals surface area contributed by atoms with Gasteiger partial charge in [-0.05, 0) is 13.1 Å². The maximum Gasteiger partial charge on any atom is 0.329 e. The Balaban J connectivity index is 2.61. The molecule has 21 heavy (non-hydrogen) atoms. The third-order valence-corrected chi connectivity index (χ3v) is 3.93. The van der Waals surface area contributed by atoms with Crippen molar-refractivity contribution in [1.29, 1.82) is 0 Å². The van der Waals surface area contributed by atoms with E-state index in [1.165, 1.54) is 23.9 Å². The van der Waals surface area contributed by atoms with Crippen LogP contribution in [0.4, 0.5) is 0 Å². The SMILES string of the molecule is CNS(=O)(=O)c1cc(C(=O)NCCOCC(=O)O)n(C)c1. The summed E-state index contributed by atoms with van der Waals surface area (Å²) in [5.74, 6) is -1.57. The molecule has 0 bridgehead atoms. The topological polar surface area (TPSA) is 127 Å². The highest BCUT2D eigenvalue weighted by Gasteiger charge is 2.18. The number of ether oxygens (including phenoxy) is 1. The first-order chi connectivity index (χ1) is 9.77. The summed E-state index contributed by atoms with van der Waals surface area (Å²) in [5, 5.41) is 10.9. The number of carboxylic acids is 1. The first-order valence-electron chi connectivity index (χ1n) is 5.95. The molecule has 0 spiro atoms. The molecule has 0 aliphatic rings. The van der Waals surface area contributed by atoms with Crippen molar-refractivity contribution >= 4 is 21.9 Å². The van der Waals surface area contributed by atoms with Gasteiger partial charge in [0.2, 0.25) is 10.0 Å². The Kier molecular flexibility index (Phi) is 5.88. The molecule has 0 fully saturated rings. The molecule has 1 rings (SSSR count). The van der Waals surface area contributed by atoms with E-state index in [1.807, 2.05) is 0 Å². The Morgan fingerprint density at radius 2 is 2.10 bits per heavy atom. The van der Waals surface area contributed by atoms with Gasteiger partial charge in [-0.3, -0.25) is 4.79 Å². The number of hydrogen-bond donors (Lipinski definition) is 3. The van der Waals surface area contributed by atoms with Crippen molar-refractivity contribution in [2.45, 2.75) is 4.90 Å². The molecule has 0 aromatic carbocycles. The monoisotopic (exact) mass is 319 g/mol. The van der Waals surface area contributed by atoms with E-state index >= 15 is 0 Å². The van der Waals surface area contributed by atoms with E-state index in [1.54, 1.807) is 7.05 Å². The zero-order chi connectivity index (χ0) is 16.0. The third kappa shape index (κ3) is 4.85. The number of aryl methyl sites for hydroxylation is 1. The number of carbonyl (C=O) groups is 2. The van der Waals surface area contributed by atoms with Crippen LogP contribution in [0.5, 0.6) is 0 Å². The lowest BCUT2D eigenvalue weighted by Crippen LogP contribution is -2.29. The molecule has 1 aromatic heterocycles. The van der Waals surface area contributed by atoms with Gasteiger partial charge in [-0.25, -0.2) is 17.9 Å². The lowest BCUT2D eigenvalue weighted by atomic mass is 10.4. The summed E-state index contributed by atoms with van der Waals surface area (Å²) >= 11 is 0. The van der Waals surface area contributed by atoms with Gasteiger partial charge in [0.15, 0.2) is 0 Å². The number of rotatable bonds is 8. The largest absolute Gasteiger partial charge is 0.480 e. The number of nitrogens with zero attached hydrogens (tertiary/aromatic N) is 1. The van der Waals surface area contributed by atoms with Gasteiger partial charge in [0.1, 0.15) is 17.2 Å². The number of amides is 1. The van der Waals surface area contributed by atoms with Crippen molar-refractivity contribution < 1.29 is 27.9 Å². The van der Waals surface area contributed by atoms with Crippen molar-refractivity contribution in [3.05, 3.63) is 18.0 Å². The molecule has 1 heterocycles. The maximum absolute atomic E-state index is 11.9. The lowest BCUT2D eigenvalue weighted by Gasteiger charge is -2.05. The Hall–Kier alpha value is -1.91. The van der Waals surface area contributed by atoms with Gasteiger partial charge in [-0.15, -0.1) is 0 Å². The maximum atomic E-state index is 11.9. The molecule has 1 aromatic rings. The van der Waals surface area contributed by atoms with Crippen molar-refractivity contribution in [3.8, 4) is 0 Å². The molecule has 0 atom stereocenters. The average Bonchev–Trinajstić information content (AvgIpc) is 2.80. The third-order valence-electron chi connectivity index (χ3n) is 2.55. The number of nitrogens with one attached hydrogen (secondary N) is 2. The molecule has 10 heteroatoms. The normalized spacial score (nSPS) is 11.3. The Morgan fingerprint density at radius 3 is 2.67 bits per heavy atom. The van der Waals surface area contributed by atoms with Gasteiger partial charge in [-0.2, -0.15) is 0 Å². The molecule has 0 aliphatic carbocycles. The van der Waals surface area contributed by atoms with Crippen molar-refractivity contribution in [2.24, 2.45) is 7.05 Å². The Labute approximate surface area is 121 Å². The van der Waals surface area contributed by atoms with E-state index in [0.717, 1.165) is 0 Å². The first kappa shape index (κ1) is 17.1. The standard InChI is InChI=1S/C11H17N3O6S/c1-12-21(18,19)8-5-9(14(2)6-8)11(17)13-3-4-20-7-10(15)16/h5-6,12H,3-4,7H2,1-2H3,(H,13,17)(H,15,16). The smallest absolute Gasteiger partial charge is 0.329 e. The first-order valence-corrected chi connectivity index (χ1v) is 7.44. The molecule has 0 saturated carbocycles. The minimum atomic E-state index is -3.61. The molecule has 118 valence electrons. The van der Waals surface area contributed by atoms with E-state index in [-0.39, 0.29) is 23.7 Å². The average molecular weight is 319 g/mol. The molecular formula is C11H17N3O6S. The minimum absolute atomic E-state index is 0.0141. The second-order valence-electron chi connectivity index (χ2n) is 4.08. The molecule has 0 unspecified atom stereocenters. The highest BCUT2D eigenvalue weighted by atomic mass is 32.2. The van der Waals surface area contributed by atoms with Crippen LogP contribution in [0.2, 0.25) is 0 Å². The number of aliphatic carboxylic acids is 1. The number of aromatic nitrogens is 1. The second-order valence-corrected chi connectivity index (χ2v) is 5.97. The lowest BCUT2D eigenvalue weighted by molar-refractivity contribution is -0.142. The van der Waals surface area contributed by atoms with Crippen molar-refractivity contribution in [1.82, 2.24) is 14.6 Å². The summed E-state index contributed by atoms with van der Waals surface area (Å²) in [7, 11) is -0.787. The van der Waals surface area contributed by atoms with Crippen LogP contribution >= 0.6 is 0 Å². The number of carboxylic acid groups (broad SMARTS) is 1. The van der Waals surface area contributed by atoms with Crippen LogP contribution in [0.3, 0.4) is 0 Å². The van der Waals surface area contributed by atoms with E-state index in [9.17, 15) is 18.0 Å². The van der Waals surface area contributed by atoms with Crippen molar-refractivity contribution in [2.75, 3.05) is 26.8 Å². The number of sulfonamides is 1. The van der Waals surface area contributed by atoms with Gasteiger partial charge in [0, 0.05) is 19.8 Å². The van der Waals surface area contributed by atoms with E-state index < -0.39 is 28.5 Å². The fourth-order valence-electron chi connectivity index (χ4n) is 1.51. The van der Waals surface area contributed by atoms with Crippen LogP contribution in [0.1, 0.15) is 10.5 Å². The van der Waals surface area contributed by atoms with E-state index in [0.29, 0.717) is 0 Å². The van der Waals surface area contributed by atoms with E-state index in [2.05, 4.69) is 10.0 Å². The summed E-state index contributed by atoms with van der Waals surface area (Å²) < 4.78 is 31.5. The van der Waals surface area contributed by atoms with Crippen LogP contribution in [0.15, 0.2) is 17.2 Å². The summed E-state index contributed by atoms with van der Waals surface area (Å²) in [4.78, 5) is 22.1. The summed E-state index contributed by atoms with van der Waals surface area (Å²) in [6.45, 7) is -0.278. The summed E-state index contributed by atoms with van der Waals surface area (Å²) in [5.41, 5.74) is 0.169. The highest BCUT2D eigenvalue weighted by molar-refractivity contribution is 7.89. The Bertz CT molecular complexity index is 622. The summed E-state index contributed by atoms with van der Waals surface area (Å²) in [6.07, 6.45) is 1.32. The van der Waals surface area contributed by atoms with Gasteiger partial charge in [0.05, 0.1) is 6.61 Å². The minimum Gasteiger partial charge on any atom is -0.480 e. The molecule has 9 nitrogen and oxygen atoms in total. The Morgan fingerprint density at radius 1 is 1.43 bits per heavy atom. The molecule has 0 aliphatic heterocycles. The molecular weight excluding hydrogens is 302 g/mol. The number of hydrogen-bond acceptors (Lipinski definition) is 5. The van der Waals surface area contributed by atoms with Crippen LogP contribution in [0.25, 0.3) is 0 Å². The van der Waals surface area contributed by atoms with Gasteiger partial charge in [-0.1, -0.05) is 0 Å². The summed E-state index contributed by atoms with van der Waals surface area (Å²) in [6, 6.07) is 1.25. The fourth-order valence-corrected chi connectivity index (χ4v) is 2.31. The molecule has 0 saturated heterocycles. The second kappa shape index (κ2) is 7.20. The zero-order valence-corrected chi connectivity index (χ0v) is 12.4. The van der Waals surface area contributed by atoms with E-state index in [4.69, 9.17) is 9.84 Å². The van der Waals surface area contributed by atoms with Crippen LogP contribution in [-0.4, -0.2) is 56.8 Å². The van der Waals surface area contributed by atoms with Crippen LogP contribution < -0.4 is 10.0 Å². The quantitative estimate of drug-likeness (QED) is 0.515. The van der Waals surface area contributed by atoms with Gasteiger partial charge >= 0.3 is 5.97 Å². The predicted molar refractivity (Wildman–Crippen MR) is 72.4 cm³/mol. The highest BCUT2D eigenvalue weighted by Crippen LogP contribution is 2.12. The number of carbonyl (C=O) groups excluding carboxylic acids is 1. The predicted octanol–water partition coefficient (Wildman–Crippen LogP) is -1.24. The van der Waals surface area contributed by atoms with Crippen molar-refractivity contribution in [3.63, 3.8) is 0 Å².